The van der Waals surface area contributed by atoms with E-state index in [4.69, 9.17) is 5.11 Å². The molecule has 1 N–H and O–H groups in total. The number of aromatic hydroxyl groups is 1. The normalized spacial score (nSPS) is 9.94. The van der Waals surface area contributed by atoms with Crippen LogP contribution in [0.2, 0.25) is 0 Å². The van der Waals surface area contributed by atoms with Gasteiger partial charge in [-0.2, -0.15) is 6.20 Å². The van der Waals surface area contributed by atoms with Gasteiger partial charge >= 0.3 is 0 Å². The van der Waals surface area contributed by atoms with Crippen molar-refractivity contribution >= 4 is 16.6 Å². The fraction of sp³-hybridized carbons (Fsp3) is 0. The number of rotatable bonds is 3. The van der Waals surface area contributed by atoms with E-state index in [0.717, 1.165) is 11.3 Å². The van der Waals surface area contributed by atoms with Crippen LogP contribution in [0.5, 0.6) is 5.75 Å². The first-order valence-corrected chi connectivity index (χ1v) is 9.44. The van der Waals surface area contributed by atoms with Gasteiger partial charge in [-0.1, -0.05) is 42.1 Å². The van der Waals surface area contributed by atoms with Gasteiger partial charge in [0.05, 0.1) is 0 Å². The number of phenols is 1. The van der Waals surface area contributed by atoms with Gasteiger partial charge in [-0.25, -0.2) is 0 Å². The summed E-state index contributed by atoms with van der Waals surface area (Å²) in [6.07, 6.45) is 3.42. The van der Waals surface area contributed by atoms with Crippen molar-refractivity contribution in [3.05, 3.63) is 121 Å². The van der Waals surface area contributed by atoms with Crippen LogP contribution in [0.25, 0.3) is 22.0 Å². The van der Waals surface area contributed by atoms with E-state index in [0.29, 0.717) is 11.3 Å². The summed E-state index contributed by atoms with van der Waals surface area (Å²) < 4.78 is 0. The Kier molecular flexibility index (Phi) is 7.49. The summed E-state index contributed by atoms with van der Waals surface area (Å²) in [7, 11) is 0. The zero-order chi connectivity index (χ0) is 20.8. The van der Waals surface area contributed by atoms with Crippen molar-refractivity contribution in [3.8, 4) is 17.0 Å². The van der Waals surface area contributed by atoms with Crippen molar-refractivity contribution in [2.45, 2.75) is 0 Å². The summed E-state index contributed by atoms with van der Waals surface area (Å²) in [6.45, 7) is 0. The van der Waals surface area contributed by atoms with Gasteiger partial charge in [0.15, 0.2) is 5.78 Å². The topological polar surface area (TPSA) is 64.3 Å². The van der Waals surface area contributed by atoms with Gasteiger partial charge in [0.2, 0.25) is 0 Å². The number of hydrogen-bond acceptors (Lipinski definition) is 3. The first-order chi connectivity index (χ1) is 14.7. The Morgan fingerprint density at radius 2 is 1.65 bits per heavy atom. The van der Waals surface area contributed by atoms with E-state index >= 15 is 0 Å². The van der Waals surface area contributed by atoms with Gasteiger partial charge in [0, 0.05) is 31.9 Å². The summed E-state index contributed by atoms with van der Waals surface area (Å²) in [6, 6.07) is 30.9. The molecule has 0 unspecified atom stereocenters. The first kappa shape index (κ1) is 22.2. The SMILES string of the molecule is O=C(c1ccc(O)cc1)c1ccc[n-]1.[Ir].[c-]1ccccc1-c1nccc2ccccc12. The van der Waals surface area contributed by atoms with Crippen LogP contribution in [0, 0.1) is 6.07 Å². The minimum Gasteiger partial charge on any atom is -0.661 e. The van der Waals surface area contributed by atoms with Crippen molar-refractivity contribution < 1.29 is 30.0 Å². The van der Waals surface area contributed by atoms with Crippen LogP contribution in [0.4, 0.5) is 0 Å². The average molecular weight is 583 g/mol. The molecule has 31 heavy (non-hydrogen) atoms. The fourth-order valence-corrected chi connectivity index (χ4v) is 3.07. The molecule has 0 amide bonds. The van der Waals surface area contributed by atoms with Gasteiger partial charge in [-0.3, -0.25) is 4.79 Å². The second-order valence-corrected chi connectivity index (χ2v) is 6.56. The van der Waals surface area contributed by atoms with Gasteiger partial charge in [-0.15, -0.1) is 35.9 Å². The van der Waals surface area contributed by atoms with Gasteiger partial charge in [0.25, 0.3) is 0 Å². The first-order valence-electron chi connectivity index (χ1n) is 9.44. The maximum Gasteiger partial charge on any atom is 0.171 e. The van der Waals surface area contributed by atoms with E-state index in [1.165, 1.54) is 22.9 Å². The molecule has 5 heteroatoms. The molecule has 0 bridgehead atoms. The molecule has 0 saturated heterocycles. The van der Waals surface area contributed by atoms with Crippen LogP contribution < -0.4 is 4.98 Å². The molecule has 3 aromatic carbocycles. The minimum atomic E-state index is -0.130. The maximum absolute atomic E-state index is 11.7. The Labute approximate surface area is 194 Å². The van der Waals surface area contributed by atoms with E-state index < -0.39 is 0 Å². The molecular formula is C26H18IrN2O2-2. The number of aromatic nitrogens is 2. The monoisotopic (exact) mass is 583 g/mol. The molecule has 0 aliphatic rings. The van der Waals surface area contributed by atoms with Crippen LogP contribution in [-0.2, 0) is 20.1 Å². The third-order valence-corrected chi connectivity index (χ3v) is 4.55. The van der Waals surface area contributed by atoms with Gasteiger partial charge in [0.1, 0.15) is 5.75 Å². The number of hydrogen-bond donors (Lipinski definition) is 1. The van der Waals surface area contributed by atoms with Crippen LogP contribution in [0.3, 0.4) is 0 Å². The predicted octanol–water partition coefficient (Wildman–Crippen LogP) is 5.28. The van der Waals surface area contributed by atoms with E-state index in [9.17, 15) is 4.79 Å². The van der Waals surface area contributed by atoms with Crippen molar-refractivity contribution in [1.82, 2.24) is 9.97 Å². The maximum atomic E-state index is 11.7. The summed E-state index contributed by atoms with van der Waals surface area (Å²) in [5.41, 5.74) is 3.00. The number of fused-ring (bicyclic) bond motifs is 1. The van der Waals surface area contributed by atoms with Crippen molar-refractivity contribution in [1.29, 1.82) is 0 Å². The molecule has 0 spiro atoms. The molecular weight excluding hydrogens is 565 g/mol. The van der Waals surface area contributed by atoms with Crippen LogP contribution >= 0.6 is 0 Å². The van der Waals surface area contributed by atoms with Crippen molar-refractivity contribution in [3.63, 3.8) is 0 Å². The Hall–Kier alpha value is -3.53. The molecule has 5 aromatic rings. The molecule has 2 aromatic heterocycles. The predicted molar refractivity (Wildman–Crippen MR) is 117 cm³/mol. The van der Waals surface area contributed by atoms with Crippen molar-refractivity contribution in [2.24, 2.45) is 0 Å². The molecule has 155 valence electrons. The minimum absolute atomic E-state index is 0. The number of carbonyl (C=O) groups is 1. The molecule has 4 nitrogen and oxygen atoms in total. The second-order valence-electron chi connectivity index (χ2n) is 6.56. The summed E-state index contributed by atoms with van der Waals surface area (Å²) in [4.78, 5) is 20.0. The quantitative estimate of drug-likeness (QED) is 0.232. The van der Waals surface area contributed by atoms with Gasteiger partial charge < -0.3 is 15.1 Å². The third-order valence-electron chi connectivity index (χ3n) is 4.55. The van der Waals surface area contributed by atoms with Crippen LogP contribution in [0.15, 0.2) is 103 Å². The largest absolute Gasteiger partial charge is 0.661 e. The zero-order valence-electron chi connectivity index (χ0n) is 16.4. The summed E-state index contributed by atoms with van der Waals surface area (Å²) in [5, 5.41) is 11.4. The summed E-state index contributed by atoms with van der Waals surface area (Å²) in [5.74, 6) is 0.0204. The smallest absolute Gasteiger partial charge is 0.171 e. The Balaban J connectivity index is 0.000000172. The van der Waals surface area contributed by atoms with Crippen LogP contribution in [-0.4, -0.2) is 15.9 Å². The Morgan fingerprint density at radius 1 is 0.871 bits per heavy atom. The molecule has 2 heterocycles. The number of nitrogens with zero attached hydrogens (tertiary/aromatic N) is 2. The average Bonchev–Trinajstić information content (AvgIpc) is 3.35. The Bertz CT molecular complexity index is 1250. The third kappa shape index (κ3) is 5.34. The zero-order valence-corrected chi connectivity index (χ0v) is 18.8. The van der Waals surface area contributed by atoms with E-state index in [1.807, 2.05) is 48.7 Å². The number of benzene rings is 3. The number of carbonyl (C=O) groups excluding carboxylic acids is 1. The van der Waals surface area contributed by atoms with E-state index in [1.54, 1.807) is 30.5 Å². The molecule has 0 aliphatic carbocycles. The van der Waals surface area contributed by atoms with Crippen LogP contribution in [0.1, 0.15) is 16.1 Å². The fourth-order valence-electron chi connectivity index (χ4n) is 3.07. The van der Waals surface area contributed by atoms with E-state index in [-0.39, 0.29) is 31.6 Å². The molecule has 0 fully saturated rings. The molecule has 0 aliphatic heterocycles. The molecule has 5 rings (SSSR count). The van der Waals surface area contributed by atoms with Gasteiger partial charge in [-0.05, 0) is 46.8 Å². The van der Waals surface area contributed by atoms with E-state index in [2.05, 4.69) is 28.2 Å². The molecule has 0 saturated carbocycles. The number of phenolic OH excluding ortho intramolecular Hbond substituents is 1. The standard InChI is InChI=1S/C15H10N.C11H9NO2.Ir/c1-2-7-13(8-3-1)15-14-9-5-4-6-12(14)10-11-16-15;13-9-5-3-8(4-6-9)11(14)10-2-1-7-12-10;/h1-7,9-11H;1-7H,(H2,12,13,14);/q-1;;/p-1. The second kappa shape index (κ2) is 10.5. The number of pyridine rings is 1. The van der Waals surface area contributed by atoms with Crippen molar-refractivity contribution in [2.75, 3.05) is 0 Å². The molecule has 1 radical (unpaired) electrons. The Morgan fingerprint density at radius 3 is 2.35 bits per heavy atom. The number of ketones is 1. The molecule has 0 atom stereocenters. The summed E-state index contributed by atoms with van der Waals surface area (Å²) >= 11 is 0.